The van der Waals surface area contributed by atoms with Crippen LogP contribution in [0, 0.1) is 56.2 Å². The van der Waals surface area contributed by atoms with Crippen molar-refractivity contribution in [1.29, 1.82) is 0 Å². The summed E-state index contributed by atoms with van der Waals surface area (Å²) < 4.78 is 6.71. The average Bonchev–Trinajstić information content (AvgIpc) is 3.06. The lowest BCUT2D eigenvalue weighted by Gasteiger charge is -2.73. The Labute approximate surface area is 211 Å². The molecule has 5 aliphatic carbocycles. The molecular weight excluding hydrogens is 472 g/mol. The SMILES string of the molecule is CC1(C)CC[C@]23CC[C@]4(C)[C@@H](CC[C@H]5[C@@]6(C)C[C@H](O)[C@@H](Br)C(C)(C)[C@@H]6CC[C@]54C)[C@@H]2[C@@H]1OC3. The fourth-order valence-corrected chi connectivity index (χ4v) is 12.6. The van der Waals surface area contributed by atoms with E-state index in [9.17, 15) is 5.11 Å². The molecule has 11 atom stereocenters. The van der Waals surface area contributed by atoms with E-state index in [2.05, 4.69) is 64.4 Å². The molecule has 2 nitrogen and oxygen atoms in total. The minimum Gasteiger partial charge on any atom is -0.392 e. The van der Waals surface area contributed by atoms with Crippen molar-refractivity contribution in [3.05, 3.63) is 0 Å². The Balaban J connectivity index is 1.40. The molecule has 6 aliphatic rings. The maximum absolute atomic E-state index is 11.2. The molecule has 188 valence electrons. The molecule has 1 N–H and O–H groups in total. The summed E-state index contributed by atoms with van der Waals surface area (Å²) in [5.41, 5.74) is 1.96. The second kappa shape index (κ2) is 6.83. The van der Waals surface area contributed by atoms with Crippen LogP contribution in [-0.4, -0.2) is 28.7 Å². The Kier molecular flexibility index (Phi) is 4.92. The molecule has 0 aromatic heterocycles. The van der Waals surface area contributed by atoms with Gasteiger partial charge >= 0.3 is 0 Å². The predicted molar refractivity (Wildman–Crippen MR) is 138 cm³/mol. The molecule has 5 saturated carbocycles. The zero-order chi connectivity index (χ0) is 23.8. The van der Waals surface area contributed by atoms with Crippen molar-refractivity contribution in [1.82, 2.24) is 0 Å². The number of hydrogen-bond acceptors (Lipinski definition) is 2. The number of alkyl halides is 1. The van der Waals surface area contributed by atoms with Gasteiger partial charge in [0.15, 0.2) is 0 Å². The van der Waals surface area contributed by atoms with Crippen LogP contribution >= 0.6 is 15.9 Å². The second-order valence-electron chi connectivity index (χ2n) is 15.8. The lowest BCUT2D eigenvalue weighted by molar-refractivity contribution is -0.248. The molecule has 0 spiro atoms. The largest absolute Gasteiger partial charge is 0.392 e. The van der Waals surface area contributed by atoms with E-state index in [4.69, 9.17) is 4.74 Å². The summed E-state index contributed by atoms with van der Waals surface area (Å²) in [5.74, 6) is 3.00. The van der Waals surface area contributed by atoms with Crippen LogP contribution in [-0.2, 0) is 4.74 Å². The standard InChI is InChI=1S/C30H49BrO2/c1-25(2)12-14-30-15-13-28(6)18(22(30)24(25)33-17-30)8-9-21-27(5)16-19(32)23(31)26(3,4)20(27)10-11-29(21,28)7/h18-24,32H,8-17H2,1-7H3/t18-,19-,20-,21-,22+,23+,24-,27-,28+,29+,30+/m0/s1. The molecule has 6 fully saturated rings. The van der Waals surface area contributed by atoms with Crippen LogP contribution < -0.4 is 0 Å². The number of aliphatic hydroxyl groups is 1. The number of fused-ring (bicyclic) bond motifs is 5. The molecule has 1 saturated heterocycles. The third-order valence-electron chi connectivity index (χ3n) is 14.0. The van der Waals surface area contributed by atoms with Crippen LogP contribution in [0.25, 0.3) is 0 Å². The van der Waals surface area contributed by atoms with Crippen LogP contribution in [0.1, 0.15) is 106 Å². The Morgan fingerprint density at radius 1 is 0.788 bits per heavy atom. The highest BCUT2D eigenvalue weighted by atomic mass is 79.9. The molecule has 2 bridgehead atoms. The maximum Gasteiger partial charge on any atom is 0.0675 e. The quantitative estimate of drug-likeness (QED) is 0.333. The third kappa shape index (κ3) is 2.70. The van der Waals surface area contributed by atoms with Crippen LogP contribution in [0.5, 0.6) is 0 Å². The summed E-state index contributed by atoms with van der Waals surface area (Å²) in [6, 6.07) is 0. The highest BCUT2D eigenvalue weighted by Crippen LogP contribution is 2.78. The fourth-order valence-electron chi connectivity index (χ4n) is 12.1. The van der Waals surface area contributed by atoms with Gasteiger partial charge in [-0.05, 0) is 114 Å². The van der Waals surface area contributed by atoms with Crippen molar-refractivity contribution in [3.8, 4) is 0 Å². The highest BCUT2D eigenvalue weighted by Gasteiger charge is 2.73. The molecule has 0 amide bonds. The van der Waals surface area contributed by atoms with E-state index in [0.29, 0.717) is 33.7 Å². The number of ether oxygens (including phenoxy) is 1. The molecule has 33 heavy (non-hydrogen) atoms. The van der Waals surface area contributed by atoms with Gasteiger partial charge in [-0.3, -0.25) is 0 Å². The van der Waals surface area contributed by atoms with E-state index in [1.807, 2.05) is 0 Å². The van der Waals surface area contributed by atoms with Gasteiger partial charge in [0, 0.05) is 4.83 Å². The third-order valence-corrected chi connectivity index (χ3v) is 15.8. The van der Waals surface area contributed by atoms with Gasteiger partial charge in [-0.2, -0.15) is 0 Å². The number of halogens is 1. The molecule has 0 radical (unpaired) electrons. The molecule has 0 aromatic rings. The van der Waals surface area contributed by atoms with Gasteiger partial charge in [-0.25, -0.2) is 0 Å². The van der Waals surface area contributed by atoms with Crippen molar-refractivity contribution < 1.29 is 9.84 Å². The Bertz CT molecular complexity index is 837. The lowest BCUT2D eigenvalue weighted by atomic mass is 9.31. The van der Waals surface area contributed by atoms with Gasteiger partial charge < -0.3 is 9.84 Å². The minimum atomic E-state index is -0.229. The van der Waals surface area contributed by atoms with Crippen molar-refractivity contribution in [2.45, 2.75) is 123 Å². The Morgan fingerprint density at radius 2 is 1.48 bits per heavy atom. The van der Waals surface area contributed by atoms with Crippen LogP contribution in [0.4, 0.5) is 0 Å². The summed E-state index contributed by atoms with van der Waals surface area (Å²) in [4.78, 5) is 0.214. The molecule has 0 unspecified atom stereocenters. The van der Waals surface area contributed by atoms with E-state index >= 15 is 0 Å². The van der Waals surface area contributed by atoms with Gasteiger partial charge in [0.25, 0.3) is 0 Å². The first-order valence-corrected chi connectivity index (χ1v) is 15.1. The lowest BCUT2D eigenvalue weighted by Crippen LogP contribution is -2.68. The molecule has 6 rings (SSSR count). The topological polar surface area (TPSA) is 29.5 Å². The van der Waals surface area contributed by atoms with E-state index in [1.54, 1.807) is 0 Å². The summed E-state index contributed by atoms with van der Waals surface area (Å²) in [7, 11) is 0. The first-order chi connectivity index (χ1) is 15.2. The molecule has 0 aromatic carbocycles. The number of rotatable bonds is 0. The van der Waals surface area contributed by atoms with Gasteiger partial charge in [0.2, 0.25) is 0 Å². The smallest absolute Gasteiger partial charge is 0.0675 e. The fraction of sp³-hybridized carbons (Fsp3) is 1.00. The number of aliphatic hydroxyl groups excluding tert-OH is 1. The van der Waals surface area contributed by atoms with E-state index < -0.39 is 0 Å². The van der Waals surface area contributed by atoms with Crippen molar-refractivity contribution in [2.24, 2.45) is 56.2 Å². The number of hydrogen-bond donors (Lipinski definition) is 1. The second-order valence-corrected chi connectivity index (χ2v) is 16.8. The first kappa shape index (κ1) is 23.8. The van der Waals surface area contributed by atoms with Crippen LogP contribution in [0.3, 0.4) is 0 Å². The summed E-state index contributed by atoms with van der Waals surface area (Å²) in [6.07, 6.45) is 12.2. The van der Waals surface area contributed by atoms with Gasteiger partial charge in [-0.15, -0.1) is 0 Å². The van der Waals surface area contributed by atoms with Gasteiger partial charge in [0.05, 0.1) is 18.8 Å². The summed E-state index contributed by atoms with van der Waals surface area (Å²) in [6.45, 7) is 18.9. The minimum absolute atomic E-state index is 0.141. The molecule has 1 heterocycles. The van der Waals surface area contributed by atoms with Gasteiger partial charge in [-0.1, -0.05) is 64.4 Å². The summed E-state index contributed by atoms with van der Waals surface area (Å²) in [5, 5.41) is 11.2. The normalized spacial score (nSPS) is 60.8. The highest BCUT2D eigenvalue weighted by molar-refractivity contribution is 9.09. The molecule has 3 heteroatoms. The van der Waals surface area contributed by atoms with E-state index in [-0.39, 0.29) is 21.8 Å². The monoisotopic (exact) mass is 520 g/mol. The zero-order valence-corrected chi connectivity index (χ0v) is 23.9. The Morgan fingerprint density at radius 3 is 2.21 bits per heavy atom. The average molecular weight is 522 g/mol. The first-order valence-electron chi connectivity index (χ1n) is 14.2. The van der Waals surface area contributed by atoms with Crippen molar-refractivity contribution >= 4 is 15.9 Å². The summed E-state index contributed by atoms with van der Waals surface area (Å²) >= 11 is 3.93. The molecular formula is C30H49BrO2. The predicted octanol–water partition coefficient (Wildman–Crippen LogP) is 7.61. The van der Waals surface area contributed by atoms with Crippen LogP contribution in [0.15, 0.2) is 0 Å². The zero-order valence-electron chi connectivity index (χ0n) is 22.3. The van der Waals surface area contributed by atoms with Crippen molar-refractivity contribution in [2.75, 3.05) is 6.61 Å². The van der Waals surface area contributed by atoms with Gasteiger partial charge in [0.1, 0.15) is 0 Å². The molecule has 1 aliphatic heterocycles. The van der Waals surface area contributed by atoms with E-state index in [1.165, 1.54) is 51.4 Å². The van der Waals surface area contributed by atoms with Crippen molar-refractivity contribution in [3.63, 3.8) is 0 Å². The Hall–Kier alpha value is 0.400. The maximum atomic E-state index is 11.2. The van der Waals surface area contributed by atoms with E-state index in [0.717, 1.165) is 30.8 Å². The van der Waals surface area contributed by atoms with Crippen LogP contribution in [0.2, 0.25) is 0 Å².